The number of hydrogen-bond donors (Lipinski definition) is 2. The summed E-state index contributed by atoms with van der Waals surface area (Å²) < 4.78 is 0. The van der Waals surface area contributed by atoms with E-state index in [1.54, 1.807) is 19.1 Å². The van der Waals surface area contributed by atoms with Crippen molar-refractivity contribution in [3.05, 3.63) is 22.2 Å². The highest BCUT2D eigenvalue weighted by atomic mass is 35.5. The van der Waals surface area contributed by atoms with Crippen LogP contribution in [-0.2, 0) is 0 Å². The van der Waals surface area contributed by atoms with Gasteiger partial charge in [-0.15, -0.1) is 0 Å². The Bertz CT molecular complexity index is 356. The SMILES string of the molecule is CC(O)CN(C)c1cc(Cl)c(Cl)cc1N. The quantitative estimate of drug-likeness (QED) is 0.808. The molecule has 0 spiro atoms. The Kier molecular flexibility index (Phi) is 4.08. The second-order valence-corrected chi connectivity index (χ2v) is 4.37. The molecule has 1 atom stereocenters. The summed E-state index contributed by atoms with van der Waals surface area (Å²) in [4.78, 5) is 1.84. The lowest BCUT2D eigenvalue weighted by Gasteiger charge is -2.22. The number of nitrogens with two attached hydrogens (primary N) is 1. The molecule has 0 aliphatic carbocycles. The van der Waals surface area contributed by atoms with E-state index in [4.69, 9.17) is 28.9 Å². The number of anilines is 2. The molecule has 3 N–H and O–H groups in total. The van der Waals surface area contributed by atoms with Crippen molar-refractivity contribution in [3.8, 4) is 0 Å². The highest BCUT2D eigenvalue weighted by Gasteiger charge is 2.10. The van der Waals surface area contributed by atoms with E-state index in [-0.39, 0.29) is 0 Å². The molecule has 1 aromatic rings. The van der Waals surface area contributed by atoms with Crippen LogP contribution in [0.4, 0.5) is 11.4 Å². The number of halogens is 2. The Morgan fingerprint density at radius 3 is 2.47 bits per heavy atom. The molecule has 0 radical (unpaired) electrons. The van der Waals surface area contributed by atoms with Crippen molar-refractivity contribution in [3.63, 3.8) is 0 Å². The Hall–Kier alpha value is -0.640. The highest BCUT2D eigenvalue weighted by Crippen LogP contribution is 2.32. The van der Waals surface area contributed by atoms with Crippen LogP contribution in [-0.4, -0.2) is 24.8 Å². The van der Waals surface area contributed by atoms with Gasteiger partial charge in [-0.05, 0) is 19.1 Å². The minimum Gasteiger partial charge on any atom is -0.397 e. The fraction of sp³-hybridized carbons (Fsp3) is 0.400. The number of aliphatic hydroxyl groups is 1. The molecule has 0 bridgehead atoms. The van der Waals surface area contributed by atoms with Crippen molar-refractivity contribution in [1.29, 1.82) is 0 Å². The summed E-state index contributed by atoms with van der Waals surface area (Å²) in [6, 6.07) is 3.30. The van der Waals surface area contributed by atoms with Gasteiger partial charge in [0.05, 0.1) is 27.5 Å². The molecule has 0 heterocycles. The second-order valence-electron chi connectivity index (χ2n) is 3.55. The Balaban J connectivity index is 2.98. The van der Waals surface area contributed by atoms with Crippen LogP contribution in [0.5, 0.6) is 0 Å². The van der Waals surface area contributed by atoms with Crippen LogP contribution in [0.2, 0.25) is 10.0 Å². The summed E-state index contributed by atoms with van der Waals surface area (Å²) in [5.74, 6) is 0. The van der Waals surface area contributed by atoms with Crippen molar-refractivity contribution < 1.29 is 5.11 Å². The molecule has 1 unspecified atom stereocenters. The van der Waals surface area contributed by atoms with Crippen LogP contribution in [0.25, 0.3) is 0 Å². The monoisotopic (exact) mass is 248 g/mol. The van der Waals surface area contributed by atoms with Crippen molar-refractivity contribution in [2.75, 3.05) is 24.2 Å². The molecule has 3 nitrogen and oxygen atoms in total. The van der Waals surface area contributed by atoms with E-state index in [0.29, 0.717) is 22.3 Å². The first-order chi connectivity index (χ1) is 6.91. The lowest BCUT2D eigenvalue weighted by Crippen LogP contribution is -2.27. The predicted octanol–water partition coefficient (Wildman–Crippen LogP) is 2.39. The van der Waals surface area contributed by atoms with Gasteiger partial charge in [0.15, 0.2) is 0 Å². The van der Waals surface area contributed by atoms with Gasteiger partial charge in [-0.3, -0.25) is 0 Å². The first-order valence-corrected chi connectivity index (χ1v) is 5.31. The van der Waals surface area contributed by atoms with Crippen LogP contribution in [0.1, 0.15) is 6.92 Å². The molecule has 0 fully saturated rings. The van der Waals surface area contributed by atoms with E-state index in [0.717, 1.165) is 5.69 Å². The van der Waals surface area contributed by atoms with Crippen LogP contribution < -0.4 is 10.6 Å². The summed E-state index contributed by atoms with van der Waals surface area (Å²) in [5.41, 5.74) is 7.12. The molecule has 15 heavy (non-hydrogen) atoms. The molecule has 84 valence electrons. The second kappa shape index (κ2) is 4.92. The van der Waals surface area contributed by atoms with E-state index in [9.17, 15) is 5.11 Å². The first kappa shape index (κ1) is 12.4. The molecular weight excluding hydrogens is 235 g/mol. The third kappa shape index (κ3) is 3.16. The van der Waals surface area contributed by atoms with Gasteiger partial charge in [-0.1, -0.05) is 23.2 Å². The van der Waals surface area contributed by atoms with E-state index >= 15 is 0 Å². The minimum absolute atomic E-state index is 0.427. The number of benzene rings is 1. The summed E-state index contributed by atoms with van der Waals surface area (Å²) in [6.45, 7) is 2.20. The summed E-state index contributed by atoms with van der Waals surface area (Å²) in [5, 5.41) is 10.1. The maximum absolute atomic E-state index is 9.26. The first-order valence-electron chi connectivity index (χ1n) is 4.55. The maximum atomic E-state index is 9.26. The molecule has 0 aromatic heterocycles. The van der Waals surface area contributed by atoms with Crippen molar-refractivity contribution in [2.45, 2.75) is 13.0 Å². The molecular formula is C10H14Cl2N2O. The molecule has 0 aliphatic heterocycles. The normalized spacial score (nSPS) is 12.6. The average Bonchev–Trinajstić information content (AvgIpc) is 2.09. The van der Waals surface area contributed by atoms with E-state index in [2.05, 4.69) is 0 Å². The Morgan fingerprint density at radius 1 is 1.40 bits per heavy atom. The van der Waals surface area contributed by atoms with E-state index in [1.165, 1.54) is 0 Å². The number of nitrogen functional groups attached to an aromatic ring is 1. The van der Waals surface area contributed by atoms with Gasteiger partial charge in [0, 0.05) is 13.6 Å². The molecule has 1 rings (SSSR count). The van der Waals surface area contributed by atoms with Gasteiger partial charge in [-0.25, -0.2) is 0 Å². The fourth-order valence-electron chi connectivity index (χ4n) is 1.38. The molecule has 0 aliphatic rings. The number of likely N-dealkylation sites (N-methyl/N-ethyl adjacent to an activating group) is 1. The molecule has 0 saturated heterocycles. The van der Waals surface area contributed by atoms with Crippen LogP contribution in [0.15, 0.2) is 12.1 Å². The topological polar surface area (TPSA) is 49.5 Å². The largest absolute Gasteiger partial charge is 0.397 e. The number of nitrogens with zero attached hydrogens (tertiary/aromatic N) is 1. The Morgan fingerprint density at radius 2 is 1.93 bits per heavy atom. The molecule has 0 saturated carbocycles. The van der Waals surface area contributed by atoms with Gasteiger partial charge in [0.2, 0.25) is 0 Å². The smallest absolute Gasteiger partial charge is 0.0686 e. The van der Waals surface area contributed by atoms with Crippen molar-refractivity contribution in [2.24, 2.45) is 0 Å². The van der Waals surface area contributed by atoms with Crippen LogP contribution >= 0.6 is 23.2 Å². The highest BCUT2D eigenvalue weighted by molar-refractivity contribution is 6.42. The maximum Gasteiger partial charge on any atom is 0.0686 e. The number of rotatable bonds is 3. The van der Waals surface area contributed by atoms with Crippen molar-refractivity contribution >= 4 is 34.6 Å². The third-order valence-electron chi connectivity index (χ3n) is 2.02. The lowest BCUT2D eigenvalue weighted by atomic mass is 10.2. The fourth-order valence-corrected chi connectivity index (χ4v) is 1.71. The van der Waals surface area contributed by atoms with Gasteiger partial charge in [0.25, 0.3) is 0 Å². The molecule has 1 aromatic carbocycles. The zero-order valence-corrected chi connectivity index (χ0v) is 10.2. The predicted molar refractivity (Wildman–Crippen MR) is 65.8 cm³/mol. The summed E-state index contributed by atoms with van der Waals surface area (Å²) in [7, 11) is 1.84. The van der Waals surface area contributed by atoms with Gasteiger partial charge in [-0.2, -0.15) is 0 Å². The summed E-state index contributed by atoms with van der Waals surface area (Å²) in [6.07, 6.45) is -0.427. The Labute approximate surface area is 99.4 Å². The average molecular weight is 249 g/mol. The zero-order valence-electron chi connectivity index (χ0n) is 8.67. The van der Waals surface area contributed by atoms with Crippen LogP contribution in [0, 0.1) is 0 Å². The van der Waals surface area contributed by atoms with Gasteiger partial charge < -0.3 is 15.7 Å². The van der Waals surface area contributed by atoms with Crippen molar-refractivity contribution in [1.82, 2.24) is 0 Å². The minimum atomic E-state index is -0.427. The van der Waals surface area contributed by atoms with Gasteiger partial charge >= 0.3 is 0 Å². The number of aliphatic hydroxyl groups excluding tert-OH is 1. The molecule has 0 amide bonds. The number of hydrogen-bond acceptors (Lipinski definition) is 3. The van der Waals surface area contributed by atoms with E-state index < -0.39 is 6.10 Å². The van der Waals surface area contributed by atoms with Crippen LogP contribution in [0.3, 0.4) is 0 Å². The molecule has 5 heteroatoms. The van der Waals surface area contributed by atoms with E-state index in [1.807, 2.05) is 11.9 Å². The standard InChI is InChI=1S/C10H14Cl2N2O/c1-6(15)5-14(2)10-4-8(12)7(11)3-9(10)13/h3-4,6,15H,5,13H2,1-2H3. The third-order valence-corrected chi connectivity index (χ3v) is 2.74. The van der Waals surface area contributed by atoms with Gasteiger partial charge in [0.1, 0.15) is 0 Å². The summed E-state index contributed by atoms with van der Waals surface area (Å²) >= 11 is 11.7. The zero-order chi connectivity index (χ0) is 11.6. The lowest BCUT2D eigenvalue weighted by molar-refractivity contribution is 0.201.